The molecule has 1 aliphatic rings. The van der Waals surface area contributed by atoms with Crippen LogP contribution in [0.1, 0.15) is 11.5 Å². The molecule has 2 unspecified atom stereocenters. The third kappa shape index (κ3) is 3.83. The molecule has 5 nitrogen and oxygen atoms in total. The summed E-state index contributed by atoms with van der Waals surface area (Å²) in [5, 5.41) is 5.61. The fourth-order valence-electron chi connectivity index (χ4n) is 2.74. The van der Waals surface area contributed by atoms with Crippen LogP contribution in [0.5, 0.6) is 5.75 Å². The first-order chi connectivity index (χ1) is 11.7. The number of ether oxygens (including phenoxy) is 2. The fourth-order valence-corrected chi connectivity index (χ4v) is 2.74. The molecule has 2 aromatic carbocycles. The highest BCUT2D eigenvalue weighted by Gasteiger charge is 2.30. The zero-order valence-electron chi connectivity index (χ0n) is 13.3. The number of nitrogens with one attached hydrogen (secondary N) is 2. The molecule has 3 rings (SSSR count). The lowest BCUT2D eigenvalue weighted by Crippen LogP contribution is -2.41. The van der Waals surface area contributed by atoms with E-state index in [1.807, 2.05) is 24.3 Å². The van der Waals surface area contributed by atoms with Gasteiger partial charge in [-0.3, -0.25) is 0 Å². The van der Waals surface area contributed by atoms with Gasteiger partial charge in [0.25, 0.3) is 0 Å². The second-order valence-electron chi connectivity index (χ2n) is 5.63. The molecule has 0 bridgehead atoms. The van der Waals surface area contributed by atoms with Crippen molar-refractivity contribution in [3.05, 3.63) is 59.9 Å². The van der Waals surface area contributed by atoms with E-state index in [0.29, 0.717) is 18.9 Å². The molecule has 1 fully saturated rings. The molecule has 24 heavy (non-hydrogen) atoms. The maximum atomic E-state index is 12.9. The Balaban J connectivity index is 1.62. The van der Waals surface area contributed by atoms with Gasteiger partial charge in [-0.25, -0.2) is 9.18 Å². The van der Waals surface area contributed by atoms with E-state index in [4.69, 9.17) is 9.47 Å². The molecular formula is C18H19FN2O3. The number of hydrogen-bond donors (Lipinski definition) is 2. The van der Waals surface area contributed by atoms with Gasteiger partial charge in [-0.15, -0.1) is 0 Å². The van der Waals surface area contributed by atoms with E-state index in [0.717, 1.165) is 11.3 Å². The molecule has 2 atom stereocenters. The van der Waals surface area contributed by atoms with Gasteiger partial charge < -0.3 is 20.1 Å². The number of rotatable bonds is 4. The normalized spacial score (nSPS) is 19.8. The van der Waals surface area contributed by atoms with E-state index in [-0.39, 0.29) is 23.8 Å². The molecule has 0 saturated carbocycles. The Morgan fingerprint density at radius 3 is 2.50 bits per heavy atom. The molecule has 0 radical (unpaired) electrons. The average molecular weight is 330 g/mol. The van der Waals surface area contributed by atoms with E-state index in [1.165, 1.54) is 24.3 Å². The lowest BCUT2D eigenvalue weighted by molar-refractivity contribution is 0.187. The maximum absolute atomic E-state index is 12.9. The van der Waals surface area contributed by atoms with Gasteiger partial charge in [0.05, 0.1) is 26.4 Å². The minimum Gasteiger partial charge on any atom is -0.497 e. The van der Waals surface area contributed by atoms with Crippen LogP contribution in [-0.2, 0) is 4.74 Å². The van der Waals surface area contributed by atoms with Crippen LogP contribution in [0.15, 0.2) is 48.5 Å². The molecule has 1 saturated heterocycles. The van der Waals surface area contributed by atoms with Crippen molar-refractivity contribution in [2.24, 2.45) is 0 Å². The highest BCUT2D eigenvalue weighted by molar-refractivity contribution is 5.89. The molecule has 0 aromatic heterocycles. The van der Waals surface area contributed by atoms with Gasteiger partial charge in [-0.05, 0) is 42.0 Å². The number of hydrogen-bond acceptors (Lipinski definition) is 3. The van der Waals surface area contributed by atoms with Crippen LogP contribution in [0.4, 0.5) is 14.9 Å². The first kappa shape index (κ1) is 16.3. The van der Waals surface area contributed by atoms with Gasteiger partial charge >= 0.3 is 6.03 Å². The van der Waals surface area contributed by atoms with Crippen molar-refractivity contribution in [3.63, 3.8) is 0 Å². The Labute approximate surface area is 139 Å². The molecule has 6 heteroatoms. The molecule has 2 N–H and O–H groups in total. The van der Waals surface area contributed by atoms with E-state index < -0.39 is 0 Å². The zero-order valence-corrected chi connectivity index (χ0v) is 13.3. The summed E-state index contributed by atoms with van der Waals surface area (Å²) >= 11 is 0. The highest BCUT2D eigenvalue weighted by Crippen LogP contribution is 2.27. The minimum atomic E-state index is -0.343. The van der Waals surface area contributed by atoms with Crippen LogP contribution in [-0.4, -0.2) is 32.4 Å². The van der Waals surface area contributed by atoms with Crippen molar-refractivity contribution in [1.82, 2.24) is 5.32 Å². The predicted molar refractivity (Wildman–Crippen MR) is 88.9 cm³/mol. The zero-order chi connectivity index (χ0) is 16.9. The topological polar surface area (TPSA) is 59.6 Å². The monoisotopic (exact) mass is 330 g/mol. The Bertz CT molecular complexity index is 688. The van der Waals surface area contributed by atoms with Gasteiger partial charge in [0, 0.05) is 11.6 Å². The van der Waals surface area contributed by atoms with Gasteiger partial charge in [-0.2, -0.15) is 0 Å². The van der Waals surface area contributed by atoms with E-state index >= 15 is 0 Å². The molecular weight excluding hydrogens is 311 g/mol. The van der Waals surface area contributed by atoms with Gasteiger partial charge in [-0.1, -0.05) is 12.1 Å². The van der Waals surface area contributed by atoms with Crippen molar-refractivity contribution in [1.29, 1.82) is 0 Å². The number of benzene rings is 2. The van der Waals surface area contributed by atoms with Crippen LogP contribution in [0.2, 0.25) is 0 Å². The summed E-state index contributed by atoms with van der Waals surface area (Å²) in [6.07, 6.45) is 0. The van der Waals surface area contributed by atoms with Crippen molar-refractivity contribution in [3.8, 4) is 5.75 Å². The Morgan fingerprint density at radius 2 is 1.83 bits per heavy atom. The summed E-state index contributed by atoms with van der Waals surface area (Å²) in [6.45, 7) is 1.00. The van der Waals surface area contributed by atoms with E-state index in [2.05, 4.69) is 10.6 Å². The molecule has 0 aliphatic carbocycles. The predicted octanol–water partition coefficient (Wildman–Crippen LogP) is 3.14. The first-order valence-corrected chi connectivity index (χ1v) is 7.70. The molecule has 2 aromatic rings. The SMILES string of the molecule is COc1ccc(C2COCC2NC(=O)Nc2ccc(F)cc2)cc1. The van der Waals surface area contributed by atoms with Gasteiger partial charge in [0.15, 0.2) is 0 Å². The van der Waals surface area contributed by atoms with Gasteiger partial charge in [0.2, 0.25) is 0 Å². The summed E-state index contributed by atoms with van der Waals surface area (Å²) in [5.41, 5.74) is 1.62. The average Bonchev–Trinajstić information content (AvgIpc) is 3.05. The summed E-state index contributed by atoms with van der Waals surface area (Å²) < 4.78 is 23.6. The van der Waals surface area contributed by atoms with E-state index in [9.17, 15) is 9.18 Å². The minimum absolute atomic E-state index is 0.0786. The quantitative estimate of drug-likeness (QED) is 0.905. The highest BCUT2D eigenvalue weighted by atomic mass is 19.1. The Kier molecular flexibility index (Phi) is 4.96. The number of anilines is 1. The second-order valence-corrected chi connectivity index (χ2v) is 5.63. The third-order valence-corrected chi connectivity index (χ3v) is 4.04. The summed E-state index contributed by atoms with van der Waals surface area (Å²) in [6, 6.07) is 12.9. The molecule has 0 spiro atoms. The van der Waals surface area contributed by atoms with Crippen molar-refractivity contribution in [2.75, 3.05) is 25.6 Å². The fraction of sp³-hybridized carbons (Fsp3) is 0.278. The van der Waals surface area contributed by atoms with Crippen molar-refractivity contribution >= 4 is 11.7 Å². The maximum Gasteiger partial charge on any atom is 0.319 e. The van der Waals surface area contributed by atoms with Crippen LogP contribution < -0.4 is 15.4 Å². The first-order valence-electron chi connectivity index (χ1n) is 7.70. The number of methoxy groups -OCH3 is 1. The molecule has 126 valence electrons. The number of halogens is 1. The lowest BCUT2D eigenvalue weighted by atomic mass is 9.94. The van der Waals surface area contributed by atoms with Crippen molar-refractivity contribution < 1.29 is 18.7 Å². The van der Waals surface area contributed by atoms with E-state index in [1.54, 1.807) is 7.11 Å². The van der Waals surface area contributed by atoms with Crippen LogP contribution in [0.25, 0.3) is 0 Å². The lowest BCUT2D eigenvalue weighted by Gasteiger charge is -2.20. The van der Waals surface area contributed by atoms with Crippen LogP contribution >= 0.6 is 0 Å². The Morgan fingerprint density at radius 1 is 1.12 bits per heavy atom. The summed E-state index contributed by atoms with van der Waals surface area (Å²) in [5.74, 6) is 0.524. The number of carbonyl (C=O) groups excluding carboxylic acids is 1. The van der Waals surface area contributed by atoms with Crippen LogP contribution in [0, 0.1) is 5.82 Å². The Hall–Kier alpha value is -2.60. The summed E-state index contributed by atoms with van der Waals surface area (Å²) in [7, 11) is 1.62. The standard InChI is InChI=1S/C18H19FN2O3/c1-23-15-8-2-12(3-9-15)16-10-24-11-17(16)21-18(22)20-14-6-4-13(19)5-7-14/h2-9,16-17H,10-11H2,1H3,(H2,20,21,22). The largest absolute Gasteiger partial charge is 0.497 e. The third-order valence-electron chi connectivity index (χ3n) is 4.04. The number of urea groups is 1. The van der Waals surface area contributed by atoms with Crippen molar-refractivity contribution in [2.45, 2.75) is 12.0 Å². The number of carbonyl (C=O) groups is 1. The van der Waals surface area contributed by atoms with Crippen LogP contribution in [0.3, 0.4) is 0 Å². The summed E-state index contributed by atoms with van der Waals surface area (Å²) in [4.78, 5) is 12.1. The molecule has 2 amide bonds. The smallest absolute Gasteiger partial charge is 0.319 e. The van der Waals surface area contributed by atoms with Gasteiger partial charge in [0.1, 0.15) is 11.6 Å². The number of amides is 2. The second kappa shape index (κ2) is 7.31. The molecule has 1 heterocycles. The molecule has 1 aliphatic heterocycles.